The molecule has 5 nitrogen and oxygen atoms in total. The number of rotatable bonds is 5. The van der Waals surface area contributed by atoms with E-state index in [-0.39, 0.29) is 5.78 Å². The van der Waals surface area contributed by atoms with E-state index in [4.69, 9.17) is 4.74 Å². The van der Waals surface area contributed by atoms with Gasteiger partial charge in [-0.05, 0) is 37.4 Å². The fourth-order valence-electron chi connectivity index (χ4n) is 1.80. The summed E-state index contributed by atoms with van der Waals surface area (Å²) in [4.78, 5) is 35.8. The van der Waals surface area contributed by atoms with Gasteiger partial charge in [-0.3, -0.25) is 9.59 Å². The Morgan fingerprint density at radius 2 is 1.86 bits per heavy atom. The van der Waals surface area contributed by atoms with Crippen LogP contribution in [0.5, 0.6) is 0 Å². The number of carbonyl (C=O) groups excluding carboxylic acids is 3. The van der Waals surface area contributed by atoms with Crippen molar-refractivity contribution in [1.29, 1.82) is 0 Å². The standard InChI is InChI=1S/C16H15NO4S/c1-10(18)12-6-3-4-7-13(12)17-15(19)11(2)21-16(20)14-8-5-9-22-14/h3-9,11H,1-2H3,(H,17,19)/t11-/m0/s1. The molecule has 114 valence electrons. The molecule has 0 saturated heterocycles. The minimum absolute atomic E-state index is 0.154. The van der Waals surface area contributed by atoms with Crippen molar-refractivity contribution in [3.63, 3.8) is 0 Å². The van der Waals surface area contributed by atoms with Crippen molar-refractivity contribution >= 4 is 34.7 Å². The second-order valence-corrected chi connectivity index (χ2v) is 5.56. The molecule has 0 fully saturated rings. The van der Waals surface area contributed by atoms with Gasteiger partial charge in [-0.2, -0.15) is 0 Å². The first-order chi connectivity index (χ1) is 10.5. The van der Waals surface area contributed by atoms with Crippen LogP contribution in [0.25, 0.3) is 0 Å². The Hall–Kier alpha value is -2.47. The number of nitrogens with one attached hydrogen (secondary N) is 1. The van der Waals surface area contributed by atoms with Gasteiger partial charge in [-0.15, -0.1) is 11.3 Å². The number of Topliss-reactive ketones (excluding diaryl/α,β-unsaturated/α-hetero) is 1. The molecular formula is C16H15NO4S. The summed E-state index contributed by atoms with van der Waals surface area (Å²) in [6.07, 6.45) is -0.963. The van der Waals surface area contributed by atoms with Gasteiger partial charge in [0.25, 0.3) is 5.91 Å². The lowest BCUT2D eigenvalue weighted by atomic mass is 10.1. The monoisotopic (exact) mass is 317 g/mol. The molecule has 0 aliphatic rings. The number of para-hydroxylation sites is 1. The first-order valence-electron chi connectivity index (χ1n) is 6.64. The summed E-state index contributed by atoms with van der Waals surface area (Å²) in [6, 6.07) is 10.0. The number of hydrogen-bond donors (Lipinski definition) is 1. The third kappa shape index (κ3) is 3.79. The summed E-state index contributed by atoms with van der Waals surface area (Å²) in [5.41, 5.74) is 0.812. The van der Waals surface area contributed by atoms with Crippen LogP contribution in [0.2, 0.25) is 0 Å². The van der Waals surface area contributed by atoms with E-state index < -0.39 is 18.0 Å². The second-order valence-electron chi connectivity index (χ2n) is 4.62. The van der Waals surface area contributed by atoms with Crippen LogP contribution >= 0.6 is 11.3 Å². The molecule has 0 saturated carbocycles. The third-order valence-corrected chi connectivity index (χ3v) is 3.79. The van der Waals surface area contributed by atoms with Gasteiger partial charge >= 0.3 is 5.97 Å². The molecule has 6 heteroatoms. The minimum Gasteiger partial charge on any atom is -0.448 e. The third-order valence-electron chi connectivity index (χ3n) is 2.94. The molecule has 2 rings (SSSR count). The highest BCUT2D eigenvalue weighted by Crippen LogP contribution is 2.17. The summed E-state index contributed by atoms with van der Waals surface area (Å²) in [5.74, 6) is -1.18. The van der Waals surface area contributed by atoms with Crippen LogP contribution in [0.1, 0.15) is 33.9 Å². The van der Waals surface area contributed by atoms with Gasteiger partial charge in [-0.1, -0.05) is 18.2 Å². The van der Waals surface area contributed by atoms with Crippen molar-refractivity contribution in [1.82, 2.24) is 0 Å². The quantitative estimate of drug-likeness (QED) is 0.679. The highest BCUT2D eigenvalue weighted by Gasteiger charge is 2.20. The molecule has 22 heavy (non-hydrogen) atoms. The maximum atomic E-state index is 12.1. The van der Waals surface area contributed by atoms with Crippen molar-refractivity contribution < 1.29 is 19.1 Å². The second kappa shape index (κ2) is 7.00. The Labute approximate surface area is 131 Å². The fraction of sp³-hybridized carbons (Fsp3) is 0.188. The summed E-state index contributed by atoms with van der Waals surface area (Å²) in [7, 11) is 0. The van der Waals surface area contributed by atoms with Gasteiger partial charge in [0, 0.05) is 5.56 Å². The average molecular weight is 317 g/mol. The van der Waals surface area contributed by atoms with Gasteiger partial charge in [0.15, 0.2) is 11.9 Å². The van der Waals surface area contributed by atoms with Gasteiger partial charge < -0.3 is 10.1 Å². The topological polar surface area (TPSA) is 72.5 Å². The summed E-state index contributed by atoms with van der Waals surface area (Å²) in [6.45, 7) is 2.91. The molecule has 0 unspecified atom stereocenters. The Morgan fingerprint density at radius 1 is 1.14 bits per heavy atom. The molecule has 1 heterocycles. The number of hydrogen-bond acceptors (Lipinski definition) is 5. The first-order valence-corrected chi connectivity index (χ1v) is 7.52. The van der Waals surface area contributed by atoms with Crippen molar-refractivity contribution in [2.24, 2.45) is 0 Å². The van der Waals surface area contributed by atoms with Crippen molar-refractivity contribution in [3.05, 3.63) is 52.2 Å². The Bertz CT molecular complexity index is 694. The number of carbonyl (C=O) groups is 3. The van der Waals surface area contributed by atoms with E-state index in [0.29, 0.717) is 16.1 Å². The van der Waals surface area contributed by atoms with E-state index in [9.17, 15) is 14.4 Å². The smallest absolute Gasteiger partial charge is 0.349 e. The van der Waals surface area contributed by atoms with Crippen molar-refractivity contribution in [2.45, 2.75) is 20.0 Å². The largest absolute Gasteiger partial charge is 0.448 e. The predicted molar refractivity (Wildman–Crippen MR) is 84.3 cm³/mol. The van der Waals surface area contributed by atoms with Crippen LogP contribution in [0.4, 0.5) is 5.69 Å². The Balaban J connectivity index is 2.03. The maximum Gasteiger partial charge on any atom is 0.349 e. The molecular weight excluding hydrogens is 302 g/mol. The molecule has 0 bridgehead atoms. The number of thiophene rings is 1. The zero-order chi connectivity index (χ0) is 16.1. The summed E-state index contributed by atoms with van der Waals surface area (Å²) in [5, 5.41) is 4.36. The Kier molecular flexibility index (Phi) is 5.06. The SMILES string of the molecule is CC(=O)c1ccccc1NC(=O)[C@H](C)OC(=O)c1cccs1. The number of ketones is 1. The zero-order valence-corrected chi connectivity index (χ0v) is 13.0. The normalized spacial score (nSPS) is 11.5. The molecule has 0 spiro atoms. The van der Waals surface area contributed by atoms with Crippen LogP contribution in [0.15, 0.2) is 41.8 Å². The lowest BCUT2D eigenvalue weighted by Gasteiger charge is -2.14. The van der Waals surface area contributed by atoms with E-state index in [1.807, 2.05) is 0 Å². The van der Waals surface area contributed by atoms with E-state index in [2.05, 4.69) is 5.32 Å². The van der Waals surface area contributed by atoms with E-state index in [1.165, 1.54) is 25.2 Å². The van der Waals surface area contributed by atoms with Crippen LogP contribution in [0, 0.1) is 0 Å². The molecule has 1 aromatic heterocycles. The van der Waals surface area contributed by atoms with E-state index >= 15 is 0 Å². The Morgan fingerprint density at radius 3 is 2.50 bits per heavy atom. The van der Waals surface area contributed by atoms with Gasteiger partial charge in [0.05, 0.1) is 5.69 Å². The predicted octanol–water partition coefficient (Wildman–Crippen LogP) is 3.13. The average Bonchev–Trinajstić information content (AvgIpc) is 3.01. The van der Waals surface area contributed by atoms with Crippen LogP contribution in [-0.4, -0.2) is 23.8 Å². The highest BCUT2D eigenvalue weighted by atomic mass is 32.1. The number of amides is 1. The van der Waals surface area contributed by atoms with Gasteiger partial charge in [-0.25, -0.2) is 4.79 Å². The van der Waals surface area contributed by atoms with Gasteiger partial charge in [0.1, 0.15) is 4.88 Å². The van der Waals surface area contributed by atoms with Crippen molar-refractivity contribution in [2.75, 3.05) is 5.32 Å². The fourth-order valence-corrected chi connectivity index (χ4v) is 2.41. The summed E-state index contributed by atoms with van der Waals surface area (Å²) < 4.78 is 5.10. The number of esters is 1. The van der Waals surface area contributed by atoms with Crippen molar-refractivity contribution in [3.8, 4) is 0 Å². The van der Waals surface area contributed by atoms with Crippen LogP contribution in [-0.2, 0) is 9.53 Å². The lowest BCUT2D eigenvalue weighted by Crippen LogP contribution is -2.30. The van der Waals surface area contributed by atoms with Crippen LogP contribution < -0.4 is 5.32 Å². The molecule has 0 aliphatic heterocycles. The molecule has 1 amide bonds. The minimum atomic E-state index is -0.963. The molecule has 1 aromatic carbocycles. The number of benzene rings is 1. The van der Waals surface area contributed by atoms with E-state index in [1.54, 1.807) is 41.8 Å². The summed E-state index contributed by atoms with van der Waals surface area (Å²) >= 11 is 1.24. The maximum absolute atomic E-state index is 12.1. The van der Waals surface area contributed by atoms with Crippen LogP contribution in [0.3, 0.4) is 0 Å². The molecule has 1 atom stereocenters. The number of ether oxygens (including phenoxy) is 1. The lowest BCUT2D eigenvalue weighted by molar-refractivity contribution is -0.123. The molecule has 0 aliphatic carbocycles. The molecule has 2 aromatic rings. The molecule has 1 N–H and O–H groups in total. The zero-order valence-electron chi connectivity index (χ0n) is 12.2. The van der Waals surface area contributed by atoms with E-state index in [0.717, 1.165) is 0 Å². The number of anilines is 1. The first kappa shape index (κ1) is 15.9. The van der Waals surface area contributed by atoms with Gasteiger partial charge in [0.2, 0.25) is 0 Å². The highest BCUT2D eigenvalue weighted by molar-refractivity contribution is 7.11. The molecule has 0 radical (unpaired) electrons.